The molecule has 0 saturated carbocycles. The van der Waals surface area contributed by atoms with Crippen LogP contribution in [0.4, 0.5) is 5.69 Å². The number of likely N-dealkylation sites (tertiary alicyclic amines) is 1. The van der Waals surface area contributed by atoms with E-state index in [1.165, 1.54) is 12.8 Å². The topological polar surface area (TPSA) is 82.0 Å². The van der Waals surface area contributed by atoms with Gasteiger partial charge in [0, 0.05) is 44.6 Å². The van der Waals surface area contributed by atoms with Gasteiger partial charge in [-0.25, -0.2) is 0 Å². The number of nitrogens with zero attached hydrogens (tertiary/aromatic N) is 5. The molecule has 3 aromatic rings. The summed E-state index contributed by atoms with van der Waals surface area (Å²) in [6.07, 6.45) is 6.65. The van der Waals surface area contributed by atoms with Crippen molar-refractivity contribution in [3.8, 4) is 5.75 Å². The predicted octanol–water partition coefficient (Wildman–Crippen LogP) is 2.82. The van der Waals surface area contributed by atoms with E-state index in [1.807, 2.05) is 30.3 Å². The van der Waals surface area contributed by atoms with E-state index < -0.39 is 5.60 Å². The van der Waals surface area contributed by atoms with Gasteiger partial charge in [-0.05, 0) is 74.8 Å². The van der Waals surface area contributed by atoms with Crippen molar-refractivity contribution in [2.75, 3.05) is 57.8 Å². The fraction of sp³-hybridized carbons (Fsp3) is 0.444. The highest BCUT2D eigenvalue weighted by Gasteiger charge is 2.38. The molecule has 2 aliphatic heterocycles. The van der Waals surface area contributed by atoms with Crippen LogP contribution in [-0.4, -0.2) is 89.3 Å². The van der Waals surface area contributed by atoms with Gasteiger partial charge in [-0.15, -0.1) is 0 Å². The molecule has 0 radical (unpaired) electrons. The van der Waals surface area contributed by atoms with Crippen LogP contribution in [0.1, 0.15) is 29.6 Å². The Hall–Kier alpha value is -3.23. The van der Waals surface area contributed by atoms with Gasteiger partial charge in [-0.1, -0.05) is 0 Å². The SMILES string of the molecule is CN(CC1(O)CCN(c2ccnc3cccnc23)C1)C(=O)c1ccc(OCCN2CCCC2)cc1. The number of amides is 1. The average molecular weight is 476 g/mol. The summed E-state index contributed by atoms with van der Waals surface area (Å²) in [6.45, 7) is 5.28. The van der Waals surface area contributed by atoms with Gasteiger partial charge < -0.3 is 19.6 Å². The van der Waals surface area contributed by atoms with Crippen molar-refractivity contribution < 1.29 is 14.6 Å². The Bertz CT molecular complexity index is 1160. The van der Waals surface area contributed by atoms with E-state index in [2.05, 4.69) is 19.8 Å². The van der Waals surface area contributed by atoms with Crippen molar-refractivity contribution in [1.29, 1.82) is 0 Å². The molecule has 8 nitrogen and oxygen atoms in total. The highest BCUT2D eigenvalue weighted by Crippen LogP contribution is 2.31. The summed E-state index contributed by atoms with van der Waals surface area (Å²) >= 11 is 0. The lowest BCUT2D eigenvalue weighted by atomic mass is 10.0. The largest absolute Gasteiger partial charge is 0.492 e. The first-order valence-electron chi connectivity index (χ1n) is 12.4. The van der Waals surface area contributed by atoms with Crippen LogP contribution in [-0.2, 0) is 0 Å². The maximum absolute atomic E-state index is 13.0. The maximum atomic E-state index is 13.0. The van der Waals surface area contributed by atoms with E-state index >= 15 is 0 Å². The standard InChI is InChI=1S/C27H33N5O3/c1-30(26(33)21-6-8-22(9-7-21)35-18-17-31-14-2-3-15-31)19-27(34)11-16-32(20-27)24-10-13-28-23-5-4-12-29-25(23)24/h4-10,12-13,34H,2-3,11,14-20H2,1H3. The van der Waals surface area contributed by atoms with Crippen LogP contribution in [0.5, 0.6) is 5.75 Å². The van der Waals surface area contributed by atoms with Gasteiger partial charge >= 0.3 is 0 Å². The van der Waals surface area contributed by atoms with Gasteiger partial charge in [0.15, 0.2) is 0 Å². The van der Waals surface area contributed by atoms with Crippen molar-refractivity contribution in [2.45, 2.75) is 24.9 Å². The number of hydrogen-bond donors (Lipinski definition) is 1. The quantitative estimate of drug-likeness (QED) is 0.537. The minimum absolute atomic E-state index is 0.114. The van der Waals surface area contributed by atoms with Crippen molar-refractivity contribution in [2.24, 2.45) is 0 Å². The number of pyridine rings is 2. The minimum Gasteiger partial charge on any atom is -0.492 e. The fourth-order valence-electron chi connectivity index (χ4n) is 5.14. The molecular formula is C27H33N5O3. The van der Waals surface area contributed by atoms with Crippen LogP contribution in [0.15, 0.2) is 54.9 Å². The summed E-state index contributed by atoms with van der Waals surface area (Å²) in [6, 6.07) is 13.0. The number of β-amino-alcohol motifs (C(OH)–C–C–N with tert-alkyl or cyclic N) is 1. The van der Waals surface area contributed by atoms with Gasteiger partial charge in [0.05, 0.1) is 17.7 Å². The maximum Gasteiger partial charge on any atom is 0.253 e. The summed E-state index contributed by atoms with van der Waals surface area (Å²) in [5, 5.41) is 11.3. The van der Waals surface area contributed by atoms with Crippen molar-refractivity contribution >= 4 is 22.6 Å². The molecule has 35 heavy (non-hydrogen) atoms. The van der Waals surface area contributed by atoms with Crippen molar-refractivity contribution in [1.82, 2.24) is 19.8 Å². The zero-order chi connectivity index (χ0) is 24.3. The Morgan fingerprint density at radius 1 is 1.09 bits per heavy atom. The van der Waals surface area contributed by atoms with Crippen LogP contribution in [0, 0.1) is 0 Å². The summed E-state index contributed by atoms with van der Waals surface area (Å²) < 4.78 is 5.85. The number of carbonyl (C=O) groups is 1. The Morgan fingerprint density at radius 3 is 2.69 bits per heavy atom. The van der Waals surface area contributed by atoms with Gasteiger partial charge in [-0.2, -0.15) is 0 Å². The number of benzene rings is 1. The first-order chi connectivity index (χ1) is 17.0. The van der Waals surface area contributed by atoms with E-state index in [1.54, 1.807) is 36.5 Å². The Labute approximate surface area is 206 Å². The van der Waals surface area contributed by atoms with Crippen LogP contribution < -0.4 is 9.64 Å². The first-order valence-corrected chi connectivity index (χ1v) is 12.4. The number of rotatable bonds is 8. The molecule has 2 aromatic heterocycles. The highest BCUT2D eigenvalue weighted by atomic mass is 16.5. The van der Waals surface area contributed by atoms with Crippen LogP contribution in [0.25, 0.3) is 11.0 Å². The Morgan fingerprint density at radius 2 is 1.89 bits per heavy atom. The molecule has 1 atom stereocenters. The van der Waals surface area contributed by atoms with Crippen LogP contribution in [0.2, 0.25) is 0 Å². The summed E-state index contributed by atoms with van der Waals surface area (Å²) in [5.74, 6) is 0.656. The molecule has 1 N–H and O–H groups in total. The predicted molar refractivity (Wildman–Crippen MR) is 136 cm³/mol. The second kappa shape index (κ2) is 10.2. The monoisotopic (exact) mass is 475 g/mol. The third-order valence-electron chi connectivity index (χ3n) is 7.00. The average Bonchev–Trinajstić information content (AvgIpc) is 3.53. The smallest absolute Gasteiger partial charge is 0.253 e. The lowest BCUT2D eigenvalue weighted by Gasteiger charge is -2.29. The number of likely N-dealkylation sites (N-methyl/N-ethyl adjacent to an activating group) is 1. The van der Waals surface area contributed by atoms with Crippen LogP contribution >= 0.6 is 0 Å². The molecule has 0 spiro atoms. The number of anilines is 1. The van der Waals surface area contributed by atoms with Crippen LogP contribution in [0.3, 0.4) is 0 Å². The van der Waals surface area contributed by atoms with E-state index in [4.69, 9.17) is 4.74 Å². The summed E-state index contributed by atoms with van der Waals surface area (Å²) in [5.41, 5.74) is 2.21. The normalized spacial score (nSPS) is 20.5. The van der Waals surface area contributed by atoms with Gasteiger partial charge in [0.2, 0.25) is 0 Å². The van der Waals surface area contributed by atoms with E-state index in [-0.39, 0.29) is 12.5 Å². The summed E-state index contributed by atoms with van der Waals surface area (Å²) in [7, 11) is 1.74. The molecule has 1 amide bonds. The molecular weight excluding hydrogens is 442 g/mol. The van der Waals surface area contributed by atoms with Gasteiger partial charge in [0.25, 0.3) is 5.91 Å². The van der Waals surface area contributed by atoms with E-state index in [9.17, 15) is 9.90 Å². The molecule has 0 bridgehead atoms. The molecule has 5 rings (SSSR count). The molecule has 2 fully saturated rings. The minimum atomic E-state index is -0.993. The van der Waals surface area contributed by atoms with Gasteiger partial charge in [0.1, 0.15) is 23.5 Å². The molecule has 184 valence electrons. The Balaban J connectivity index is 1.17. The van der Waals surface area contributed by atoms with Crippen molar-refractivity contribution in [3.63, 3.8) is 0 Å². The third kappa shape index (κ3) is 5.39. The second-order valence-electron chi connectivity index (χ2n) is 9.68. The fourth-order valence-corrected chi connectivity index (χ4v) is 5.14. The number of aliphatic hydroxyl groups is 1. The molecule has 8 heteroatoms. The Kier molecular flexibility index (Phi) is 6.83. The summed E-state index contributed by atoms with van der Waals surface area (Å²) in [4.78, 5) is 28.0. The van der Waals surface area contributed by atoms with Gasteiger partial charge in [-0.3, -0.25) is 19.7 Å². The lowest BCUT2D eigenvalue weighted by Crippen LogP contribution is -2.45. The zero-order valence-electron chi connectivity index (χ0n) is 20.3. The molecule has 4 heterocycles. The first kappa shape index (κ1) is 23.5. The molecule has 2 saturated heterocycles. The third-order valence-corrected chi connectivity index (χ3v) is 7.00. The highest BCUT2D eigenvalue weighted by molar-refractivity contribution is 5.94. The number of ether oxygens (including phenoxy) is 1. The van der Waals surface area contributed by atoms with E-state index in [0.29, 0.717) is 31.7 Å². The lowest BCUT2D eigenvalue weighted by molar-refractivity contribution is 0.0264. The molecule has 2 aliphatic rings. The number of aromatic nitrogens is 2. The number of hydrogen-bond acceptors (Lipinski definition) is 7. The van der Waals surface area contributed by atoms with E-state index in [0.717, 1.165) is 42.1 Å². The second-order valence-corrected chi connectivity index (χ2v) is 9.68. The number of carbonyl (C=O) groups excluding carboxylic acids is 1. The molecule has 1 unspecified atom stereocenters. The molecule has 1 aromatic carbocycles. The van der Waals surface area contributed by atoms with Crippen molar-refractivity contribution in [3.05, 3.63) is 60.4 Å². The molecule has 0 aliphatic carbocycles. The number of fused-ring (bicyclic) bond motifs is 1. The zero-order valence-corrected chi connectivity index (χ0v) is 20.3.